The van der Waals surface area contributed by atoms with Crippen molar-refractivity contribution in [2.24, 2.45) is 0 Å². The van der Waals surface area contributed by atoms with E-state index in [1.54, 1.807) is 45.0 Å². The topological polar surface area (TPSA) is 58.6 Å². The highest BCUT2D eigenvalue weighted by molar-refractivity contribution is 6.30. The zero-order valence-electron chi connectivity index (χ0n) is 10.7. The third-order valence-electron chi connectivity index (χ3n) is 2.17. The van der Waals surface area contributed by atoms with E-state index in [2.05, 4.69) is 5.32 Å². The molecule has 0 radical (unpaired) electrons. The van der Waals surface area contributed by atoms with Crippen molar-refractivity contribution in [3.05, 3.63) is 29.3 Å². The first-order valence-electron chi connectivity index (χ1n) is 5.70. The van der Waals surface area contributed by atoms with E-state index in [9.17, 15) is 9.90 Å². The summed E-state index contributed by atoms with van der Waals surface area (Å²) in [5.41, 5.74) is -0.939. The highest BCUT2D eigenvalue weighted by Gasteiger charge is 2.18. The second-order valence-corrected chi connectivity index (χ2v) is 5.18. The van der Waals surface area contributed by atoms with Gasteiger partial charge in [-0.2, -0.15) is 0 Å². The number of amides is 1. The van der Waals surface area contributed by atoms with Crippen LogP contribution in [0.15, 0.2) is 24.3 Å². The summed E-state index contributed by atoms with van der Waals surface area (Å²) in [6.07, 6.45) is -0.647. The van der Waals surface area contributed by atoms with Crippen molar-refractivity contribution in [1.82, 2.24) is 5.32 Å². The molecule has 1 unspecified atom stereocenters. The molecule has 2 N–H and O–H groups in total. The first kappa shape index (κ1) is 14.8. The summed E-state index contributed by atoms with van der Waals surface area (Å²) in [6.45, 7) is 5.06. The molecule has 0 aliphatic heterocycles. The van der Waals surface area contributed by atoms with Gasteiger partial charge in [0.05, 0.1) is 5.60 Å². The molecule has 0 bridgehead atoms. The van der Waals surface area contributed by atoms with Crippen molar-refractivity contribution < 1.29 is 14.6 Å². The lowest BCUT2D eigenvalue weighted by Crippen LogP contribution is -2.43. The van der Waals surface area contributed by atoms with Gasteiger partial charge in [-0.3, -0.25) is 4.79 Å². The van der Waals surface area contributed by atoms with Crippen LogP contribution in [0.2, 0.25) is 5.02 Å². The van der Waals surface area contributed by atoms with Gasteiger partial charge in [-0.1, -0.05) is 17.7 Å². The van der Waals surface area contributed by atoms with E-state index in [-0.39, 0.29) is 12.5 Å². The van der Waals surface area contributed by atoms with Crippen molar-refractivity contribution >= 4 is 17.5 Å². The minimum atomic E-state index is -0.939. The van der Waals surface area contributed by atoms with Gasteiger partial charge in [0.25, 0.3) is 5.91 Å². The number of nitrogens with one attached hydrogen (secondary N) is 1. The van der Waals surface area contributed by atoms with Crippen molar-refractivity contribution in [1.29, 1.82) is 0 Å². The Morgan fingerprint density at radius 2 is 2.22 bits per heavy atom. The number of halogens is 1. The zero-order chi connectivity index (χ0) is 13.8. The van der Waals surface area contributed by atoms with Crippen molar-refractivity contribution in [3.8, 4) is 5.75 Å². The Labute approximate surface area is 112 Å². The third kappa shape index (κ3) is 5.38. The van der Waals surface area contributed by atoms with E-state index < -0.39 is 11.7 Å². The molecule has 4 nitrogen and oxygen atoms in total. The van der Waals surface area contributed by atoms with Crippen LogP contribution in [-0.2, 0) is 4.79 Å². The van der Waals surface area contributed by atoms with Crippen LogP contribution in [0.1, 0.15) is 20.8 Å². The second kappa shape index (κ2) is 6.07. The fourth-order valence-corrected chi connectivity index (χ4v) is 1.43. The van der Waals surface area contributed by atoms with Gasteiger partial charge in [-0.05, 0) is 39.0 Å². The summed E-state index contributed by atoms with van der Waals surface area (Å²) in [7, 11) is 0. The number of hydrogen-bond donors (Lipinski definition) is 2. The fourth-order valence-electron chi connectivity index (χ4n) is 1.25. The summed E-state index contributed by atoms with van der Waals surface area (Å²) >= 11 is 5.82. The molecule has 18 heavy (non-hydrogen) atoms. The van der Waals surface area contributed by atoms with E-state index in [1.165, 1.54) is 0 Å². The summed E-state index contributed by atoms with van der Waals surface area (Å²) in [6, 6.07) is 6.85. The van der Waals surface area contributed by atoms with E-state index >= 15 is 0 Å². The number of carbonyl (C=O) groups is 1. The molecule has 1 aromatic rings. The Bertz CT molecular complexity index is 415. The molecule has 100 valence electrons. The Kier molecular flexibility index (Phi) is 4.99. The maximum atomic E-state index is 11.7. The summed E-state index contributed by atoms with van der Waals surface area (Å²) in [5.74, 6) is 0.255. The number of rotatable bonds is 5. The van der Waals surface area contributed by atoms with Gasteiger partial charge in [0.15, 0.2) is 6.10 Å². The highest BCUT2D eigenvalue weighted by atomic mass is 35.5. The summed E-state index contributed by atoms with van der Waals surface area (Å²) in [4.78, 5) is 11.7. The summed E-state index contributed by atoms with van der Waals surface area (Å²) in [5, 5.41) is 12.7. The first-order chi connectivity index (χ1) is 8.28. The minimum absolute atomic E-state index is 0.176. The smallest absolute Gasteiger partial charge is 0.260 e. The molecule has 0 aliphatic carbocycles. The van der Waals surface area contributed by atoms with Crippen molar-refractivity contribution in [3.63, 3.8) is 0 Å². The Morgan fingerprint density at radius 3 is 2.78 bits per heavy atom. The number of carbonyl (C=O) groups excluding carboxylic acids is 1. The molecule has 0 aromatic heterocycles. The Morgan fingerprint density at radius 1 is 1.56 bits per heavy atom. The largest absolute Gasteiger partial charge is 0.481 e. The normalized spacial score (nSPS) is 12.9. The maximum absolute atomic E-state index is 11.7. The van der Waals surface area contributed by atoms with Crippen molar-refractivity contribution in [2.75, 3.05) is 6.54 Å². The summed E-state index contributed by atoms with van der Waals surface area (Å²) < 4.78 is 5.44. The lowest BCUT2D eigenvalue weighted by Gasteiger charge is -2.20. The van der Waals surface area contributed by atoms with E-state index in [0.717, 1.165) is 0 Å². The highest BCUT2D eigenvalue weighted by Crippen LogP contribution is 2.18. The van der Waals surface area contributed by atoms with E-state index in [4.69, 9.17) is 16.3 Å². The molecule has 0 fully saturated rings. The number of aliphatic hydroxyl groups is 1. The van der Waals surface area contributed by atoms with Gasteiger partial charge in [-0.15, -0.1) is 0 Å². The lowest BCUT2D eigenvalue weighted by molar-refractivity contribution is -0.128. The number of ether oxygens (including phenoxy) is 1. The van der Waals surface area contributed by atoms with Gasteiger partial charge in [0.2, 0.25) is 0 Å². The monoisotopic (exact) mass is 271 g/mol. The quantitative estimate of drug-likeness (QED) is 0.861. The number of hydrogen-bond acceptors (Lipinski definition) is 3. The molecular formula is C13H18ClNO3. The Balaban J connectivity index is 2.50. The Hall–Kier alpha value is -1.26. The minimum Gasteiger partial charge on any atom is -0.481 e. The van der Waals surface area contributed by atoms with Crippen LogP contribution >= 0.6 is 11.6 Å². The molecule has 5 heteroatoms. The van der Waals surface area contributed by atoms with Crippen molar-refractivity contribution in [2.45, 2.75) is 32.5 Å². The van der Waals surface area contributed by atoms with Gasteiger partial charge >= 0.3 is 0 Å². The van der Waals surface area contributed by atoms with Crippen LogP contribution in [0.5, 0.6) is 5.75 Å². The van der Waals surface area contributed by atoms with E-state index in [0.29, 0.717) is 10.8 Å². The maximum Gasteiger partial charge on any atom is 0.260 e. The standard InChI is InChI=1S/C13H18ClNO3/c1-9(12(16)15-8-13(2,3)17)18-11-6-4-5-10(14)7-11/h4-7,9,17H,8H2,1-3H3,(H,15,16). The van der Waals surface area contributed by atoms with Crippen LogP contribution in [-0.4, -0.2) is 29.3 Å². The first-order valence-corrected chi connectivity index (χ1v) is 6.08. The van der Waals surface area contributed by atoms with Gasteiger partial charge in [-0.25, -0.2) is 0 Å². The lowest BCUT2D eigenvalue weighted by atomic mass is 10.1. The number of benzene rings is 1. The van der Waals surface area contributed by atoms with Gasteiger partial charge in [0, 0.05) is 11.6 Å². The van der Waals surface area contributed by atoms with Crippen LogP contribution in [0.25, 0.3) is 0 Å². The SMILES string of the molecule is CC(Oc1cccc(Cl)c1)C(=O)NCC(C)(C)O. The van der Waals surface area contributed by atoms with Crippen LogP contribution < -0.4 is 10.1 Å². The molecular weight excluding hydrogens is 254 g/mol. The predicted octanol–water partition coefficient (Wildman–Crippen LogP) is 1.99. The second-order valence-electron chi connectivity index (χ2n) is 4.75. The molecule has 0 aliphatic rings. The molecule has 1 aromatic carbocycles. The zero-order valence-corrected chi connectivity index (χ0v) is 11.5. The van der Waals surface area contributed by atoms with Crippen LogP contribution in [0, 0.1) is 0 Å². The third-order valence-corrected chi connectivity index (χ3v) is 2.41. The molecule has 1 rings (SSSR count). The van der Waals surface area contributed by atoms with Gasteiger partial charge < -0.3 is 15.2 Å². The molecule has 0 saturated heterocycles. The fraction of sp³-hybridized carbons (Fsp3) is 0.462. The van der Waals surface area contributed by atoms with Gasteiger partial charge in [0.1, 0.15) is 5.75 Å². The van der Waals surface area contributed by atoms with E-state index in [1.807, 2.05) is 0 Å². The molecule has 1 atom stereocenters. The molecule has 0 saturated carbocycles. The molecule has 0 heterocycles. The average Bonchev–Trinajstić information content (AvgIpc) is 2.24. The predicted molar refractivity (Wildman–Crippen MR) is 70.8 cm³/mol. The average molecular weight is 272 g/mol. The van der Waals surface area contributed by atoms with Crippen LogP contribution in [0.3, 0.4) is 0 Å². The molecule has 0 spiro atoms. The van der Waals surface area contributed by atoms with Crippen LogP contribution in [0.4, 0.5) is 0 Å². The molecule has 1 amide bonds.